The molecule has 120 valence electrons. The number of benzene rings is 1. The van der Waals surface area contributed by atoms with Crippen molar-refractivity contribution in [3.63, 3.8) is 0 Å². The minimum atomic E-state index is -4.26. The first kappa shape index (κ1) is 18.5. The summed E-state index contributed by atoms with van der Waals surface area (Å²) >= 11 is 3.38. The van der Waals surface area contributed by atoms with Crippen molar-refractivity contribution in [2.75, 3.05) is 26.3 Å². The monoisotopic (exact) mass is 367 g/mol. The predicted octanol–water partition coefficient (Wildman–Crippen LogP) is 4.50. The molecule has 1 aromatic rings. The van der Waals surface area contributed by atoms with Crippen molar-refractivity contribution in [2.45, 2.75) is 31.9 Å². The van der Waals surface area contributed by atoms with E-state index in [9.17, 15) is 13.2 Å². The fraction of sp³-hybridized carbons (Fsp3) is 0.600. The summed E-state index contributed by atoms with van der Waals surface area (Å²) in [5, 5.41) is 3.32. The Bertz CT molecular complexity index is 395. The van der Waals surface area contributed by atoms with Gasteiger partial charge in [-0.05, 0) is 43.0 Å². The van der Waals surface area contributed by atoms with Crippen molar-refractivity contribution in [3.8, 4) is 0 Å². The van der Waals surface area contributed by atoms with Gasteiger partial charge in [0.2, 0.25) is 0 Å². The largest absolute Gasteiger partial charge is 0.411 e. The lowest BCUT2D eigenvalue weighted by Gasteiger charge is -2.18. The molecule has 1 N–H and O–H groups in total. The summed E-state index contributed by atoms with van der Waals surface area (Å²) in [6.07, 6.45) is -2.67. The van der Waals surface area contributed by atoms with Crippen molar-refractivity contribution in [1.29, 1.82) is 0 Å². The van der Waals surface area contributed by atoms with Crippen LogP contribution >= 0.6 is 15.9 Å². The molecule has 0 spiro atoms. The number of hydrogen-bond donors (Lipinski definition) is 1. The van der Waals surface area contributed by atoms with E-state index in [0.29, 0.717) is 6.42 Å². The molecule has 0 radical (unpaired) electrons. The van der Waals surface area contributed by atoms with Crippen molar-refractivity contribution >= 4 is 15.9 Å². The van der Waals surface area contributed by atoms with Gasteiger partial charge in [-0.1, -0.05) is 35.0 Å². The number of rotatable bonds is 9. The minimum absolute atomic E-state index is 0.105. The number of alkyl halides is 3. The number of ether oxygens (including phenoxy) is 1. The molecular weight excluding hydrogens is 347 g/mol. The van der Waals surface area contributed by atoms with E-state index in [1.807, 2.05) is 24.3 Å². The third-order valence-corrected chi connectivity index (χ3v) is 3.56. The zero-order valence-corrected chi connectivity index (χ0v) is 13.6. The second-order valence-electron chi connectivity index (χ2n) is 4.91. The molecule has 0 aliphatic rings. The first-order valence-electron chi connectivity index (χ1n) is 7.03. The molecule has 6 heteroatoms. The van der Waals surface area contributed by atoms with Gasteiger partial charge in [0.25, 0.3) is 0 Å². The standard InChI is InChI=1S/C15H21BrF3NO/c1-2-8-20-10-13(7-9-21-11-15(17,18)19)12-3-5-14(16)6-4-12/h3-6,13,20H,2,7-11H2,1H3. The first-order chi connectivity index (χ1) is 9.92. The Balaban J connectivity index is 2.50. The van der Waals surface area contributed by atoms with Gasteiger partial charge in [-0.3, -0.25) is 0 Å². The molecule has 0 aliphatic heterocycles. The van der Waals surface area contributed by atoms with Crippen LogP contribution in [0.5, 0.6) is 0 Å². The van der Waals surface area contributed by atoms with Crippen LogP contribution in [-0.4, -0.2) is 32.5 Å². The molecule has 1 unspecified atom stereocenters. The van der Waals surface area contributed by atoms with Gasteiger partial charge in [0, 0.05) is 17.6 Å². The van der Waals surface area contributed by atoms with E-state index in [4.69, 9.17) is 4.74 Å². The van der Waals surface area contributed by atoms with Crippen molar-refractivity contribution in [2.24, 2.45) is 0 Å². The van der Waals surface area contributed by atoms with E-state index in [0.717, 1.165) is 29.5 Å². The van der Waals surface area contributed by atoms with Gasteiger partial charge in [0.1, 0.15) is 6.61 Å². The fourth-order valence-electron chi connectivity index (χ4n) is 1.99. The maximum Gasteiger partial charge on any atom is 0.411 e. The van der Waals surface area contributed by atoms with Crippen LogP contribution in [0.15, 0.2) is 28.7 Å². The molecule has 21 heavy (non-hydrogen) atoms. The second kappa shape index (κ2) is 9.43. The van der Waals surface area contributed by atoms with E-state index in [-0.39, 0.29) is 12.5 Å². The SMILES string of the molecule is CCCNCC(CCOCC(F)(F)F)c1ccc(Br)cc1. The minimum Gasteiger partial charge on any atom is -0.372 e. The molecular formula is C15H21BrF3NO. The Morgan fingerprint density at radius 2 is 1.90 bits per heavy atom. The fourth-order valence-corrected chi connectivity index (χ4v) is 2.25. The summed E-state index contributed by atoms with van der Waals surface area (Å²) in [6.45, 7) is 2.64. The quantitative estimate of drug-likeness (QED) is 0.648. The van der Waals surface area contributed by atoms with E-state index in [1.165, 1.54) is 0 Å². The molecule has 0 saturated carbocycles. The van der Waals surface area contributed by atoms with E-state index < -0.39 is 12.8 Å². The Hall–Kier alpha value is -0.590. The zero-order chi connectivity index (χ0) is 15.7. The molecule has 1 atom stereocenters. The zero-order valence-electron chi connectivity index (χ0n) is 12.0. The Morgan fingerprint density at radius 3 is 2.48 bits per heavy atom. The van der Waals surface area contributed by atoms with E-state index >= 15 is 0 Å². The van der Waals surface area contributed by atoms with Gasteiger partial charge < -0.3 is 10.1 Å². The molecule has 1 aromatic carbocycles. The topological polar surface area (TPSA) is 21.3 Å². The molecule has 0 amide bonds. The highest BCUT2D eigenvalue weighted by molar-refractivity contribution is 9.10. The smallest absolute Gasteiger partial charge is 0.372 e. The van der Waals surface area contributed by atoms with Gasteiger partial charge in [-0.25, -0.2) is 0 Å². The average Bonchev–Trinajstić information content (AvgIpc) is 2.41. The molecule has 0 aromatic heterocycles. The Kier molecular flexibility index (Phi) is 8.29. The molecule has 0 saturated heterocycles. The number of halogens is 4. The van der Waals surface area contributed by atoms with Crippen LogP contribution in [-0.2, 0) is 4.74 Å². The molecule has 2 nitrogen and oxygen atoms in total. The number of hydrogen-bond acceptors (Lipinski definition) is 2. The van der Waals surface area contributed by atoms with Gasteiger partial charge >= 0.3 is 6.18 Å². The summed E-state index contributed by atoms with van der Waals surface area (Å²) in [4.78, 5) is 0. The summed E-state index contributed by atoms with van der Waals surface area (Å²) in [7, 11) is 0. The van der Waals surface area contributed by atoms with Crippen LogP contribution in [0.1, 0.15) is 31.2 Å². The van der Waals surface area contributed by atoms with Gasteiger partial charge in [-0.2, -0.15) is 13.2 Å². The van der Waals surface area contributed by atoms with Crippen molar-refractivity contribution in [1.82, 2.24) is 5.32 Å². The lowest BCUT2D eigenvalue weighted by atomic mass is 9.96. The Labute approximate surface area is 132 Å². The molecule has 0 aliphatic carbocycles. The van der Waals surface area contributed by atoms with Crippen LogP contribution in [0.25, 0.3) is 0 Å². The average molecular weight is 368 g/mol. The van der Waals surface area contributed by atoms with Crippen LogP contribution in [0.3, 0.4) is 0 Å². The highest BCUT2D eigenvalue weighted by atomic mass is 79.9. The maximum absolute atomic E-state index is 12.1. The summed E-state index contributed by atoms with van der Waals surface area (Å²) in [5.74, 6) is 0.151. The summed E-state index contributed by atoms with van der Waals surface area (Å²) in [5.41, 5.74) is 1.11. The predicted molar refractivity (Wildman–Crippen MR) is 81.5 cm³/mol. The molecule has 0 bridgehead atoms. The van der Waals surface area contributed by atoms with Crippen LogP contribution < -0.4 is 5.32 Å². The summed E-state index contributed by atoms with van der Waals surface area (Å²) in [6, 6.07) is 7.87. The van der Waals surface area contributed by atoms with Gasteiger partial charge in [0.15, 0.2) is 0 Å². The van der Waals surface area contributed by atoms with Gasteiger partial charge in [0.05, 0.1) is 0 Å². The van der Waals surface area contributed by atoms with Crippen molar-refractivity contribution in [3.05, 3.63) is 34.3 Å². The van der Waals surface area contributed by atoms with Crippen LogP contribution in [0.4, 0.5) is 13.2 Å². The lowest BCUT2D eigenvalue weighted by Crippen LogP contribution is -2.24. The normalized spacial score (nSPS) is 13.4. The third kappa shape index (κ3) is 8.44. The number of nitrogens with one attached hydrogen (secondary N) is 1. The molecule has 0 fully saturated rings. The molecule has 0 heterocycles. The lowest BCUT2D eigenvalue weighted by molar-refractivity contribution is -0.174. The highest BCUT2D eigenvalue weighted by Gasteiger charge is 2.27. The Morgan fingerprint density at radius 1 is 1.24 bits per heavy atom. The highest BCUT2D eigenvalue weighted by Crippen LogP contribution is 2.22. The van der Waals surface area contributed by atoms with E-state index in [2.05, 4.69) is 28.2 Å². The van der Waals surface area contributed by atoms with Gasteiger partial charge in [-0.15, -0.1) is 0 Å². The third-order valence-electron chi connectivity index (χ3n) is 3.04. The van der Waals surface area contributed by atoms with Crippen molar-refractivity contribution < 1.29 is 17.9 Å². The maximum atomic E-state index is 12.1. The van der Waals surface area contributed by atoms with E-state index in [1.54, 1.807) is 0 Å². The van der Waals surface area contributed by atoms with Crippen LogP contribution in [0, 0.1) is 0 Å². The first-order valence-corrected chi connectivity index (χ1v) is 7.82. The van der Waals surface area contributed by atoms with Crippen LogP contribution in [0.2, 0.25) is 0 Å². The molecule has 1 rings (SSSR count). The summed E-state index contributed by atoms with van der Waals surface area (Å²) < 4.78 is 41.9. The second-order valence-corrected chi connectivity index (χ2v) is 5.82.